The molecule has 0 saturated carbocycles. The van der Waals surface area contributed by atoms with Crippen molar-refractivity contribution in [3.63, 3.8) is 0 Å². The number of unbranched alkanes of at least 4 members (excludes halogenated alkanes) is 3. The molecule has 1 heterocycles. The van der Waals surface area contributed by atoms with E-state index in [2.05, 4.69) is 13.8 Å². The molecule has 136 valence electrons. The summed E-state index contributed by atoms with van der Waals surface area (Å²) in [5.41, 5.74) is 1.09. The highest BCUT2D eigenvalue weighted by Gasteiger charge is 2.41. The van der Waals surface area contributed by atoms with E-state index in [1.807, 2.05) is 23.4 Å². The summed E-state index contributed by atoms with van der Waals surface area (Å²) in [6.45, 7) is 6.36. The number of rotatable bonds is 9. The van der Waals surface area contributed by atoms with Crippen LogP contribution in [-0.2, 0) is 10.0 Å². The van der Waals surface area contributed by atoms with Gasteiger partial charge in [0, 0.05) is 12.1 Å². The third kappa shape index (κ3) is 4.60. The maximum atomic E-state index is 13.3. The van der Waals surface area contributed by atoms with Gasteiger partial charge in [0.25, 0.3) is 0 Å². The fourth-order valence-corrected chi connectivity index (χ4v) is 5.70. The topological polar surface area (TPSA) is 37.4 Å². The molecule has 0 spiro atoms. The van der Waals surface area contributed by atoms with Crippen molar-refractivity contribution >= 4 is 10.0 Å². The van der Waals surface area contributed by atoms with Gasteiger partial charge in [-0.3, -0.25) is 0 Å². The van der Waals surface area contributed by atoms with Crippen LogP contribution in [0.2, 0.25) is 0 Å². The molecule has 1 aliphatic rings. The van der Waals surface area contributed by atoms with E-state index in [4.69, 9.17) is 0 Å². The smallest absolute Gasteiger partial charge is 0.207 e. The summed E-state index contributed by atoms with van der Waals surface area (Å²) in [5.74, 6) is 0. The third-order valence-corrected chi connectivity index (χ3v) is 7.20. The minimum Gasteiger partial charge on any atom is -0.207 e. The van der Waals surface area contributed by atoms with Crippen LogP contribution in [0.25, 0.3) is 0 Å². The number of aryl methyl sites for hydroxylation is 1. The summed E-state index contributed by atoms with van der Waals surface area (Å²) in [6.07, 6.45) is 9.74. The monoisotopic (exact) mass is 351 g/mol. The van der Waals surface area contributed by atoms with Crippen molar-refractivity contribution in [2.45, 2.75) is 95.5 Å². The molecule has 0 unspecified atom stereocenters. The Morgan fingerprint density at radius 3 is 2.00 bits per heavy atom. The molecule has 2 atom stereocenters. The first kappa shape index (κ1) is 19.5. The molecule has 0 radical (unpaired) electrons. The lowest BCUT2D eigenvalue weighted by Crippen LogP contribution is -2.41. The maximum Gasteiger partial charge on any atom is 0.243 e. The minimum atomic E-state index is -3.39. The van der Waals surface area contributed by atoms with Crippen molar-refractivity contribution in [3.8, 4) is 0 Å². The number of nitrogens with zero attached hydrogens (tertiary/aromatic N) is 1. The standard InChI is InChI=1S/C20H33NO2S/c1-4-6-8-10-19-14-13-18(9-7-5-2)21(19)24(22,23)20-15-11-17(3)12-16-20/h11-12,15-16,18-19H,4-10,13-14H2,1-3H3/t18-,19-/m0/s1. The number of benzene rings is 1. The van der Waals surface area contributed by atoms with Crippen LogP contribution in [0.15, 0.2) is 29.2 Å². The molecule has 4 heteroatoms. The van der Waals surface area contributed by atoms with Gasteiger partial charge in [-0.1, -0.05) is 63.6 Å². The molecular weight excluding hydrogens is 318 g/mol. The molecule has 0 aliphatic carbocycles. The Balaban J connectivity index is 2.24. The van der Waals surface area contributed by atoms with Crippen molar-refractivity contribution in [1.29, 1.82) is 0 Å². The van der Waals surface area contributed by atoms with E-state index in [-0.39, 0.29) is 12.1 Å². The fourth-order valence-electron chi connectivity index (χ4n) is 3.77. The van der Waals surface area contributed by atoms with Gasteiger partial charge in [0.1, 0.15) is 0 Å². The molecule has 1 aliphatic heterocycles. The van der Waals surface area contributed by atoms with Gasteiger partial charge >= 0.3 is 0 Å². The molecule has 2 rings (SSSR count). The van der Waals surface area contributed by atoms with Gasteiger partial charge in [0.05, 0.1) is 4.90 Å². The average molecular weight is 352 g/mol. The lowest BCUT2D eigenvalue weighted by molar-refractivity contribution is 0.290. The zero-order valence-corrected chi connectivity index (χ0v) is 16.3. The van der Waals surface area contributed by atoms with Gasteiger partial charge in [-0.25, -0.2) is 8.42 Å². The zero-order valence-electron chi connectivity index (χ0n) is 15.5. The van der Waals surface area contributed by atoms with Crippen LogP contribution in [0, 0.1) is 6.92 Å². The number of hydrogen-bond donors (Lipinski definition) is 0. The zero-order chi connectivity index (χ0) is 17.6. The van der Waals surface area contributed by atoms with Crippen LogP contribution in [0.4, 0.5) is 0 Å². The first-order valence-electron chi connectivity index (χ1n) is 9.61. The van der Waals surface area contributed by atoms with E-state index in [0.29, 0.717) is 4.90 Å². The van der Waals surface area contributed by atoms with Crippen molar-refractivity contribution in [3.05, 3.63) is 29.8 Å². The highest BCUT2D eigenvalue weighted by atomic mass is 32.2. The summed E-state index contributed by atoms with van der Waals surface area (Å²) < 4.78 is 28.5. The second-order valence-electron chi connectivity index (χ2n) is 7.17. The number of sulfonamides is 1. The maximum absolute atomic E-state index is 13.3. The van der Waals surface area contributed by atoms with E-state index in [0.717, 1.165) is 50.5 Å². The Morgan fingerprint density at radius 2 is 1.46 bits per heavy atom. The Bertz CT molecular complexity index is 595. The van der Waals surface area contributed by atoms with Crippen molar-refractivity contribution in [1.82, 2.24) is 4.31 Å². The van der Waals surface area contributed by atoms with E-state index in [1.54, 1.807) is 12.1 Å². The van der Waals surface area contributed by atoms with Gasteiger partial charge in [0.15, 0.2) is 0 Å². The second kappa shape index (κ2) is 9.00. The molecule has 1 fully saturated rings. The predicted octanol–water partition coefficient (Wildman–Crippen LogP) is 5.29. The third-order valence-electron chi connectivity index (χ3n) is 5.18. The van der Waals surface area contributed by atoms with Gasteiger partial charge in [-0.05, 0) is 44.7 Å². The molecule has 0 amide bonds. The molecule has 1 aromatic carbocycles. The van der Waals surface area contributed by atoms with Crippen molar-refractivity contribution in [2.24, 2.45) is 0 Å². The second-order valence-corrected chi connectivity index (χ2v) is 9.01. The highest BCUT2D eigenvalue weighted by molar-refractivity contribution is 7.89. The van der Waals surface area contributed by atoms with Gasteiger partial charge < -0.3 is 0 Å². The fraction of sp³-hybridized carbons (Fsp3) is 0.700. The summed E-state index contributed by atoms with van der Waals surface area (Å²) in [5, 5.41) is 0. The van der Waals surface area contributed by atoms with Crippen LogP contribution in [0.3, 0.4) is 0 Å². The summed E-state index contributed by atoms with van der Waals surface area (Å²) in [7, 11) is -3.39. The summed E-state index contributed by atoms with van der Waals surface area (Å²) >= 11 is 0. The van der Waals surface area contributed by atoms with Gasteiger partial charge in [0.2, 0.25) is 10.0 Å². The quantitative estimate of drug-likeness (QED) is 0.567. The summed E-state index contributed by atoms with van der Waals surface area (Å²) in [6, 6.07) is 7.70. The van der Waals surface area contributed by atoms with Crippen LogP contribution >= 0.6 is 0 Å². The Hall–Kier alpha value is -0.870. The molecule has 3 nitrogen and oxygen atoms in total. The highest BCUT2D eigenvalue weighted by Crippen LogP contribution is 2.35. The van der Waals surface area contributed by atoms with Crippen LogP contribution in [-0.4, -0.2) is 24.8 Å². The van der Waals surface area contributed by atoms with Crippen molar-refractivity contribution in [2.75, 3.05) is 0 Å². The van der Waals surface area contributed by atoms with E-state index < -0.39 is 10.0 Å². The number of hydrogen-bond acceptors (Lipinski definition) is 2. The normalized spacial score (nSPS) is 22.1. The molecular formula is C20H33NO2S. The first-order valence-corrected chi connectivity index (χ1v) is 11.0. The Labute approximate surface area is 148 Å². The van der Waals surface area contributed by atoms with Crippen LogP contribution in [0.1, 0.15) is 77.2 Å². The van der Waals surface area contributed by atoms with E-state index in [9.17, 15) is 8.42 Å². The molecule has 1 aromatic rings. The Morgan fingerprint density at radius 1 is 0.917 bits per heavy atom. The predicted molar refractivity (Wildman–Crippen MR) is 101 cm³/mol. The van der Waals surface area contributed by atoms with Crippen molar-refractivity contribution < 1.29 is 8.42 Å². The van der Waals surface area contributed by atoms with E-state index >= 15 is 0 Å². The molecule has 0 bridgehead atoms. The summed E-state index contributed by atoms with van der Waals surface area (Å²) in [4.78, 5) is 0.456. The van der Waals surface area contributed by atoms with Gasteiger partial charge in [-0.2, -0.15) is 4.31 Å². The van der Waals surface area contributed by atoms with Crippen LogP contribution in [0.5, 0.6) is 0 Å². The van der Waals surface area contributed by atoms with Crippen LogP contribution < -0.4 is 0 Å². The molecule has 1 saturated heterocycles. The molecule has 24 heavy (non-hydrogen) atoms. The van der Waals surface area contributed by atoms with Gasteiger partial charge in [-0.15, -0.1) is 0 Å². The van der Waals surface area contributed by atoms with E-state index in [1.165, 1.54) is 12.8 Å². The largest absolute Gasteiger partial charge is 0.243 e. The average Bonchev–Trinajstić information content (AvgIpc) is 2.97. The molecule has 0 aromatic heterocycles. The SMILES string of the molecule is CCCCC[C@H]1CC[C@H](CCCC)N1S(=O)(=O)c1ccc(C)cc1. The lowest BCUT2D eigenvalue weighted by Gasteiger charge is -2.29. The lowest BCUT2D eigenvalue weighted by atomic mass is 10.1. The first-order chi connectivity index (χ1) is 11.5. The molecule has 0 N–H and O–H groups in total. The Kier molecular flexibility index (Phi) is 7.30. The minimum absolute atomic E-state index is 0.183.